The average molecular weight is 739 g/mol. The van der Waals surface area contributed by atoms with Crippen LogP contribution in [0, 0.1) is 11.8 Å². The first kappa shape index (κ1) is 38.7. The molecule has 1 saturated carbocycles. The van der Waals surface area contributed by atoms with Crippen molar-refractivity contribution in [2.75, 3.05) is 33.1 Å². The number of ether oxygens (including phenoxy) is 1. The maximum atomic E-state index is 14.2. The number of aromatic hydroxyl groups is 1. The number of carboxylic acids is 1. The SMILES string of the molecule is CON(CC(=O)Nc1ccc2c(c1O)C(O)=C1C(=O)[C@]3(O)C(O)=C(C(N)=O)C(=O)[C@@H](N(C)C)[C@@H]3[C@@H](O)[C@@H]1[C@H]2C)[C@@]1(O)O[C@H](C(=O)O)[C@@H](O)[C@H](O)[C@H]1O. The Morgan fingerprint density at radius 2 is 1.63 bits per heavy atom. The molecule has 1 aromatic carbocycles. The number of nitrogens with one attached hydrogen (secondary N) is 1. The molecule has 0 aromatic heterocycles. The van der Waals surface area contributed by atoms with Gasteiger partial charge < -0.3 is 66.9 Å². The van der Waals surface area contributed by atoms with Gasteiger partial charge in [0.05, 0.1) is 36.4 Å². The first-order chi connectivity index (χ1) is 24.1. The van der Waals surface area contributed by atoms with Crippen LogP contribution >= 0.6 is 0 Å². The second kappa shape index (κ2) is 13.1. The predicted octanol–water partition coefficient (Wildman–Crippen LogP) is -4.49. The molecule has 2 amide bonds. The summed E-state index contributed by atoms with van der Waals surface area (Å²) < 4.78 is 4.91. The van der Waals surface area contributed by atoms with Crippen LogP contribution in [0.5, 0.6) is 5.75 Å². The standard InChI is InChI=1S/C31H38N4O17/c1-8-9-5-6-10(33-11(36)7-35(51-4)31(50)27(45)23(42)22(41)24(52-31)29(47)48)18(37)13(9)19(38)14-12(8)20(39)16-17(34(2)3)21(40)15(28(32)46)26(44)30(16,49)25(14)43/h5-6,8,12,16-17,20,22-24,27,37-39,41-42,44-45,49-50H,7H2,1-4H3,(H2,32,46)(H,33,36)(H,47,48)/t8-,12+,16+,17-,20-,22-,23-,24-,27+,30-,31-/m0/s1. The molecule has 21 heteroatoms. The van der Waals surface area contributed by atoms with Crippen molar-refractivity contribution < 1.29 is 84.6 Å². The third kappa shape index (κ3) is 5.36. The summed E-state index contributed by atoms with van der Waals surface area (Å²) in [5.41, 5.74) is -0.371. The zero-order valence-corrected chi connectivity index (χ0v) is 27.9. The molecule has 5 rings (SSSR count). The number of aliphatic hydroxyl groups is 8. The molecule has 21 nitrogen and oxygen atoms in total. The van der Waals surface area contributed by atoms with Gasteiger partial charge in [-0.15, -0.1) is 5.06 Å². The normalized spacial score (nSPS) is 36.0. The van der Waals surface area contributed by atoms with E-state index in [0.717, 1.165) is 13.2 Å². The lowest BCUT2D eigenvalue weighted by Gasteiger charge is -2.53. The minimum Gasteiger partial charge on any atom is -0.508 e. The van der Waals surface area contributed by atoms with Gasteiger partial charge in [0.1, 0.15) is 41.6 Å². The van der Waals surface area contributed by atoms with E-state index in [9.17, 15) is 75.0 Å². The lowest BCUT2D eigenvalue weighted by atomic mass is 9.54. The monoisotopic (exact) mass is 738 g/mol. The zero-order valence-electron chi connectivity index (χ0n) is 27.9. The van der Waals surface area contributed by atoms with Crippen molar-refractivity contribution >= 4 is 40.8 Å². The third-order valence-electron chi connectivity index (χ3n) is 10.2. The number of fused-ring (bicyclic) bond motifs is 3. The molecule has 3 aliphatic carbocycles. The number of nitrogens with zero attached hydrogens (tertiary/aromatic N) is 2. The number of likely N-dealkylation sites (N-methyl/N-ethyl adjacent to an activating group) is 1. The van der Waals surface area contributed by atoms with Crippen LogP contribution in [0.25, 0.3) is 5.76 Å². The first-order valence-corrected chi connectivity index (χ1v) is 15.6. The predicted molar refractivity (Wildman–Crippen MR) is 168 cm³/mol. The Hall–Kier alpha value is -4.55. The van der Waals surface area contributed by atoms with E-state index in [0.29, 0.717) is 0 Å². The molecule has 2 fully saturated rings. The number of primary amides is 1. The number of nitrogens with two attached hydrogens (primary N) is 1. The Morgan fingerprint density at radius 3 is 2.17 bits per heavy atom. The van der Waals surface area contributed by atoms with E-state index in [4.69, 9.17) is 15.3 Å². The molecule has 52 heavy (non-hydrogen) atoms. The number of Topliss-reactive ketones (excluding diaryl/α,β-unsaturated/α-hetero) is 2. The van der Waals surface area contributed by atoms with Gasteiger partial charge in [-0.1, -0.05) is 13.0 Å². The van der Waals surface area contributed by atoms with Crippen LogP contribution < -0.4 is 11.1 Å². The van der Waals surface area contributed by atoms with E-state index >= 15 is 0 Å². The molecule has 0 unspecified atom stereocenters. The van der Waals surface area contributed by atoms with Crippen molar-refractivity contribution in [3.63, 3.8) is 0 Å². The van der Waals surface area contributed by atoms with Gasteiger partial charge in [0, 0.05) is 11.5 Å². The molecule has 11 atom stereocenters. The summed E-state index contributed by atoms with van der Waals surface area (Å²) in [5.74, 6) is -17.5. The number of hydrogen-bond donors (Lipinski definition) is 12. The van der Waals surface area contributed by atoms with Crippen molar-refractivity contribution in [1.29, 1.82) is 0 Å². The molecule has 0 bridgehead atoms. The van der Waals surface area contributed by atoms with Gasteiger partial charge in [-0.3, -0.25) is 28.9 Å². The van der Waals surface area contributed by atoms with Crippen molar-refractivity contribution in [3.05, 3.63) is 40.2 Å². The number of anilines is 1. The summed E-state index contributed by atoms with van der Waals surface area (Å²) in [6, 6.07) is 0.926. The highest BCUT2D eigenvalue weighted by Gasteiger charge is 2.68. The Morgan fingerprint density at radius 1 is 1.02 bits per heavy atom. The maximum absolute atomic E-state index is 14.2. The molecule has 1 heterocycles. The molecular weight excluding hydrogens is 700 g/mol. The Bertz CT molecular complexity index is 1810. The Balaban J connectivity index is 1.53. The number of rotatable bonds is 8. The topological polar surface area (TPSA) is 351 Å². The zero-order chi connectivity index (χ0) is 39.1. The number of ketones is 2. The highest BCUT2D eigenvalue weighted by atomic mass is 16.8. The quantitative estimate of drug-likeness (QED) is 0.0517. The fourth-order valence-corrected chi connectivity index (χ4v) is 7.66. The summed E-state index contributed by atoms with van der Waals surface area (Å²) in [7, 11) is 3.62. The second-order valence-corrected chi connectivity index (χ2v) is 13.2. The summed E-state index contributed by atoms with van der Waals surface area (Å²) in [6.45, 7) is 0.400. The van der Waals surface area contributed by atoms with E-state index in [1.54, 1.807) is 0 Å². The van der Waals surface area contributed by atoms with Crippen LogP contribution in [-0.2, 0) is 33.5 Å². The number of carbonyl (C=O) groups is 5. The van der Waals surface area contributed by atoms with Gasteiger partial charge in [-0.25, -0.2) is 4.79 Å². The van der Waals surface area contributed by atoms with Gasteiger partial charge >= 0.3 is 5.97 Å². The highest BCUT2D eigenvalue weighted by molar-refractivity contribution is 6.24. The number of hydrogen-bond acceptors (Lipinski definition) is 18. The molecule has 13 N–H and O–H groups in total. The van der Waals surface area contributed by atoms with E-state index in [-0.39, 0.29) is 10.6 Å². The minimum atomic E-state index is -3.22. The first-order valence-electron chi connectivity index (χ1n) is 15.6. The summed E-state index contributed by atoms with van der Waals surface area (Å²) in [5, 5.41) is 111. The van der Waals surface area contributed by atoms with Crippen LogP contribution in [0.1, 0.15) is 24.0 Å². The number of aliphatic carboxylic acids is 1. The number of benzene rings is 1. The van der Waals surface area contributed by atoms with Crippen molar-refractivity contribution in [3.8, 4) is 5.75 Å². The number of amides is 2. The minimum absolute atomic E-state index is 0.124. The molecule has 4 aliphatic rings. The van der Waals surface area contributed by atoms with Crippen LogP contribution in [-0.4, -0.2) is 166 Å². The molecule has 0 spiro atoms. The largest absolute Gasteiger partial charge is 0.508 e. The van der Waals surface area contributed by atoms with E-state index in [1.165, 1.54) is 32.0 Å². The van der Waals surface area contributed by atoms with Gasteiger partial charge in [0.25, 0.3) is 11.8 Å². The fraction of sp³-hybridized carbons (Fsp3) is 0.516. The van der Waals surface area contributed by atoms with E-state index in [2.05, 4.69) is 5.32 Å². The molecule has 1 saturated heterocycles. The van der Waals surface area contributed by atoms with E-state index in [1.807, 2.05) is 0 Å². The molecule has 0 radical (unpaired) electrons. The third-order valence-corrected chi connectivity index (χ3v) is 10.2. The average Bonchev–Trinajstić information content (AvgIpc) is 3.06. The summed E-state index contributed by atoms with van der Waals surface area (Å²) in [4.78, 5) is 70.5. The Kier molecular flexibility index (Phi) is 9.77. The number of aliphatic hydroxyl groups excluding tert-OH is 6. The smallest absolute Gasteiger partial charge is 0.335 e. The van der Waals surface area contributed by atoms with Crippen molar-refractivity contribution in [2.45, 2.75) is 60.9 Å². The van der Waals surface area contributed by atoms with Gasteiger partial charge in [-0.2, -0.15) is 0 Å². The lowest BCUT2D eigenvalue weighted by molar-refractivity contribution is -0.450. The fourth-order valence-electron chi connectivity index (χ4n) is 7.66. The van der Waals surface area contributed by atoms with Crippen LogP contribution in [0.15, 0.2) is 29.0 Å². The van der Waals surface area contributed by atoms with Gasteiger partial charge in [0.15, 0.2) is 23.6 Å². The molecule has 1 aromatic rings. The number of phenols is 1. The second-order valence-electron chi connectivity index (χ2n) is 13.2. The lowest BCUT2D eigenvalue weighted by Crippen LogP contribution is -2.72. The summed E-state index contributed by atoms with van der Waals surface area (Å²) in [6.07, 6.45) is -11.0. The van der Waals surface area contributed by atoms with E-state index < -0.39 is 141 Å². The Labute approximate surface area is 292 Å². The maximum Gasteiger partial charge on any atom is 0.335 e. The van der Waals surface area contributed by atoms with Crippen molar-refractivity contribution in [2.24, 2.45) is 17.6 Å². The molecular formula is C31H38N4O17. The summed E-state index contributed by atoms with van der Waals surface area (Å²) >= 11 is 0. The van der Waals surface area contributed by atoms with Crippen molar-refractivity contribution in [1.82, 2.24) is 9.96 Å². The molecule has 1 aliphatic heterocycles. The van der Waals surface area contributed by atoms with Crippen LogP contribution in [0.3, 0.4) is 0 Å². The number of carbonyl (C=O) groups excluding carboxylic acids is 4. The highest BCUT2D eigenvalue weighted by Crippen LogP contribution is 2.56. The number of carboxylic acid groups (broad SMARTS) is 1. The number of phenolic OH excluding ortho intramolecular Hbond substituents is 1. The molecule has 284 valence electrons. The van der Waals surface area contributed by atoms with Gasteiger partial charge in [-0.05, 0) is 31.6 Å². The van der Waals surface area contributed by atoms with Crippen LogP contribution in [0.4, 0.5) is 5.69 Å². The van der Waals surface area contributed by atoms with Crippen LogP contribution in [0.2, 0.25) is 0 Å². The van der Waals surface area contributed by atoms with Gasteiger partial charge in [0.2, 0.25) is 11.7 Å². The number of hydroxylamine groups is 2.